The molecule has 0 unspecified atom stereocenters. The fraction of sp³-hybridized carbons (Fsp3) is 0.333. The van der Waals surface area contributed by atoms with Crippen molar-refractivity contribution < 1.29 is 14.0 Å². The zero-order chi connectivity index (χ0) is 25.9. The first-order valence-corrected chi connectivity index (χ1v) is 13.5. The van der Waals surface area contributed by atoms with Crippen molar-refractivity contribution in [2.45, 2.75) is 45.5 Å². The van der Waals surface area contributed by atoms with E-state index in [0.717, 1.165) is 22.3 Å². The number of nitrogens with zero attached hydrogens (tertiary/aromatic N) is 1. The van der Waals surface area contributed by atoms with Crippen LogP contribution in [0, 0.1) is 18.7 Å². The summed E-state index contributed by atoms with van der Waals surface area (Å²) in [6.07, 6.45) is 0.436. The van der Waals surface area contributed by atoms with E-state index < -0.39 is 6.04 Å². The molecule has 0 heterocycles. The van der Waals surface area contributed by atoms with Crippen LogP contribution in [0.2, 0.25) is 0 Å². The largest absolute Gasteiger partial charge is 0.354 e. The molecule has 1 N–H and O–H groups in total. The highest BCUT2D eigenvalue weighted by Crippen LogP contribution is 2.19. The Morgan fingerprint density at radius 1 is 0.889 bits per heavy atom. The first-order valence-electron chi connectivity index (χ1n) is 12.3. The Morgan fingerprint density at radius 3 is 2.17 bits per heavy atom. The first kappa shape index (κ1) is 27.5. The van der Waals surface area contributed by atoms with E-state index in [9.17, 15) is 14.0 Å². The molecule has 3 aromatic rings. The van der Waals surface area contributed by atoms with E-state index in [0.29, 0.717) is 31.2 Å². The summed E-state index contributed by atoms with van der Waals surface area (Å²) < 4.78 is 13.2. The highest BCUT2D eigenvalue weighted by molar-refractivity contribution is 7.99. The van der Waals surface area contributed by atoms with Gasteiger partial charge in [0.2, 0.25) is 11.8 Å². The van der Waals surface area contributed by atoms with Crippen LogP contribution in [0.15, 0.2) is 78.9 Å². The van der Waals surface area contributed by atoms with Crippen LogP contribution in [0.3, 0.4) is 0 Å². The van der Waals surface area contributed by atoms with E-state index >= 15 is 0 Å². The van der Waals surface area contributed by atoms with Gasteiger partial charge in [-0.2, -0.15) is 0 Å². The van der Waals surface area contributed by atoms with Gasteiger partial charge in [0.15, 0.2) is 0 Å². The van der Waals surface area contributed by atoms with Gasteiger partial charge in [0, 0.05) is 25.3 Å². The molecule has 36 heavy (non-hydrogen) atoms. The summed E-state index contributed by atoms with van der Waals surface area (Å²) in [5.41, 5.74) is 4.08. The third kappa shape index (κ3) is 8.83. The van der Waals surface area contributed by atoms with Gasteiger partial charge in [-0.25, -0.2) is 4.39 Å². The molecule has 0 radical (unpaired) electrons. The van der Waals surface area contributed by atoms with Crippen LogP contribution in [-0.2, 0) is 28.3 Å². The van der Waals surface area contributed by atoms with E-state index in [1.807, 2.05) is 75.4 Å². The van der Waals surface area contributed by atoms with Gasteiger partial charge in [-0.1, -0.05) is 86.1 Å². The van der Waals surface area contributed by atoms with Crippen molar-refractivity contribution in [3.8, 4) is 0 Å². The number of carbonyl (C=O) groups excluding carboxylic acids is 2. The van der Waals surface area contributed by atoms with Gasteiger partial charge in [-0.05, 0) is 41.7 Å². The second-order valence-electron chi connectivity index (χ2n) is 9.47. The van der Waals surface area contributed by atoms with Crippen molar-refractivity contribution in [1.29, 1.82) is 0 Å². The molecular weight excluding hydrogens is 471 g/mol. The molecule has 0 aromatic heterocycles. The SMILES string of the molecule is Cc1ccc(CN(C(=O)CSCc2ccc(F)cc2)[C@H](Cc2ccccc2)C(=O)NCC(C)C)cc1. The number of carbonyl (C=O) groups is 2. The molecule has 0 aliphatic carbocycles. The molecule has 0 saturated heterocycles. The number of aryl methyl sites for hydroxylation is 1. The van der Waals surface area contributed by atoms with Gasteiger partial charge < -0.3 is 10.2 Å². The van der Waals surface area contributed by atoms with Crippen molar-refractivity contribution in [3.05, 3.63) is 107 Å². The molecule has 0 aliphatic rings. The van der Waals surface area contributed by atoms with E-state index in [1.54, 1.807) is 17.0 Å². The Morgan fingerprint density at radius 2 is 1.53 bits per heavy atom. The lowest BCUT2D eigenvalue weighted by molar-refractivity contribution is -0.139. The monoisotopic (exact) mass is 506 g/mol. The summed E-state index contributed by atoms with van der Waals surface area (Å²) in [6, 6.07) is 23.5. The lowest BCUT2D eigenvalue weighted by atomic mass is 10.0. The molecule has 0 fully saturated rings. The topological polar surface area (TPSA) is 49.4 Å². The Balaban J connectivity index is 1.82. The van der Waals surface area contributed by atoms with Gasteiger partial charge >= 0.3 is 0 Å². The fourth-order valence-electron chi connectivity index (χ4n) is 3.79. The van der Waals surface area contributed by atoms with Crippen LogP contribution >= 0.6 is 11.8 Å². The number of halogens is 1. The minimum atomic E-state index is -0.633. The van der Waals surface area contributed by atoms with E-state index in [-0.39, 0.29) is 23.4 Å². The Kier molecular flexibility index (Phi) is 10.6. The Bertz CT molecular complexity index is 1100. The second-order valence-corrected chi connectivity index (χ2v) is 10.5. The number of benzene rings is 3. The average Bonchev–Trinajstić information content (AvgIpc) is 2.87. The molecule has 3 aromatic carbocycles. The van der Waals surface area contributed by atoms with Gasteiger partial charge in [0.1, 0.15) is 11.9 Å². The highest BCUT2D eigenvalue weighted by Gasteiger charge is 2.30. The third-order valence-electron chi connectivity index (χ3n) is 5.84. The zero-order valence-electron chi connectivity index (χ0n) is 21.2. The van der Waals surface area contributed by atoms with Gasteiger partial charge in [0.05, 0.1) is 5.75 Å². The van der Waals surface area contributed by atoms with Crippen LogP contribution in [0.4, 0.5) is 4.39 Å². The van der Waals surface area contributed by atoms with Crippen LogP contribution in [0.1, 0.15) is 36.1 Å². The molecule has 2 amide bonds. The Hall–Kier alpha value is -3.12. The zero-order valence-corrected chi connectivity index (χ0v) is 22.1. The predicted octanol–water partition coefficient (Wildman–Crippen LogP) is 5.78. The maximum absolute atomic E-state index is 13.6. The Labute approximate surface area is 218 Å². The third-order valence-corrected chi connectivity index (χ3v) is 6.83. The van der Waals surface area contributed by atoms with Crippen LogP contribution in [0.25, 0.3) is 0 Å². The van der Waals surface area contributed by atoms with E-state index in [1.165, 1.54) is 23.9 Å². The fourth-order valence-corrected chi connectivity index (χ4v) is 4.66. The predicted molar refractivity (Wildman–Crippen MR) is 146 cm³/mol. The number of thioether (sulfide) groups is 1. The second kappa shape index (κ2) is 13.8. The first-order chi connectivity index (χ1) is 17.3. The number of hydrogen-bond donors (Lipinski definition) is 1. The lowest BCUT2D eigenvalue weighted by Crippen LogP contribution is -2.51. The van der Waals surface area contributed by atoms with Crippen LogP contribution in [0.5, 0.6) is 0 Å². The number of amides is 2. The van der Waals surface area contributed by atoms with Gasteiger partial charge in [0.25, 0.3) is 0 Å². The van der Waals surface area contributed by atoms with Crippen molar-refractivity contribution in [2.75, 3.05) is 12.3 Å². The van der Waals surface area contributed by atoms with Gasteiger partial charge in [-0.15, -0.1) is 11.8 Å². The molecule has 0 saturated carbocycles. The number of nitrogens with one attached hydrogen (secondary N) is 1. The number of hydrogen-bond acceptors (Lipinski definition) is 3. The summed E-state index contributed by atoms with van der Waals surface area (Å²) in [5, 5.41) is 3.04. The molecule has 6 heteroatoms. The summed E-state index contributed by atoms with van der Waals surface area (Å²) in [6.45, 7) is 7.02. The molecular formula is C30H35FN2O2S. The maximum atomic E-state index is 13.6. The molecule has 3 rings (SSSR count). The lowest BCUT2D eigenvalue weighted by Gasteiger charge is -2.32. The molecule has 4 nitrogen and oxygen atoms in total. The summed E-state index contributed by atoms with van der Waals surface area (Å²) in [5.74, 6) is 0.609. The smallest absolute Gasteiger partial charge is 0.243 e. The van der Waals surface area contributed by atoms with Crippen molar-refractivity contribution in [1.82, 2.24) is 10.2 Å². The molecule has 1 atom stereocenters. The standard InChI is InChI=1S/C30H35FN2O2S/c1-22(2)18-32-30(35)28(17-24-7-5-4-6-8-24)33(19-25-11-9-23(3)10-12-25)29(34)21-36-20-26-13-15-27(31)16-14-26/h4-16,22,28H,17-21H2,1-3H3,(H,32,35)/t28-/m1/s1. The summed E-state index contributed by atoms with van der Waals surface area (Å²) in [4.78, 5) is 28.7. The van der Waals surface area contributed by atoms with Crippen LogP contribution < -0.4 is 5.32 Å². The maximum Gasteiger partial charge on any atom is 0.243 e. The van der Waals surface area contributed by atoms with Crippen LogP contribution in [-0.4, -0.2) is 35.1 Å². The van der Waals surface area contributed by atoms with Crippen molar-refractivity contribution in [3.63, 3.8) is 0 Å². The van der Waals surface area contributed by atoms with Crippen molar-refractivity contribution in [2.24, 2.45) is 5.92 Å². The van der Waals surface area contributed by atoms with E-state index in [2.05, 4.69) is 5.32 Å². The summed E-state index contributed by atoms with van der Waals surface area (Å²) in [7, 11) is 0. The number of rotatable bonds is 12. The summed E-state index contributed by atoms with van der Waals surface area (Å²) >= 11 is 1.47. The highest BCUT2D eigenvalue weighted by atomic mass is 32.2. The van der Waals surface area contributed by atoms with E-state index in [4.69, 9.17) is 0 Å². The minimum Gasteiger partial charge on any atom is -0.354 e. The molecule has 190 valence electrons. The normalized spacial score (nSPS) is 11.8. The average molecular weight is 507 g/mol. The molecule has 0 aliphatic heterocycles. The minimum absolute atomic E-state index is 0.0942. The van der Waals surface area contributed by atoms with Crippen molar-refractivity contribution >= 4 is 23.6 Å². The van der Waals surface area contributed by atoms with Gasteiger partial charge in [-0.3, -0.25) is 9.59 Å². The molecule has 0 bridgehead atoms. The quantitative estimate of drug-likeness (QED) is 0.339. The molecule has 0 spiro atoms.